The van der Waals surface area contributed by atoms with Gasteiger partial charge in [-0.2, -0.15) is 0 Å². The van der Waals surface area contributed by atoms with Gasteiger partial charge in [0.15, 0.2) is 11.5 Å². The van der Waals surface area contributed by atoms with E-state index in [2.05, 4.69) is 12.2 Å². The summed E-state index contributed by atoms with van der Waals surface area (Å²) in [5.41, 5.74) is 0.348. The van der Waals surface area contributed by atoms with Crippen molar-refractivity contribution in [3.8, 4) is 11.5 Å². The van der Waals surface area contributed by atoms with Crippen LogP contribution in [0.15, 0.2) is 41.3 Å². The third-order valence-electron chi connectivity index (χ3n) is 3.69. The van der Waals surface area contributed by atoms with E-state index in [4.69, 9.17) is 9.47 Å². The number of hydrogen-bond acceptors (Lipinski definition) is 6. The molecule has 0 aliphatic rings. The number of hydrogen-bond donors (Lipinski definition) is 1. The van der Waals surface area contributed by atoms with Crippen LogP contribution in [0.1, 0.15) is 37.6 Å². The monoisotopic (exact) mass is 404 g/mol. The van der Waals surface area contributed by atoms with Crippen LogP contribution >= 0.6 is 11.8 Å². The van der Waals surface area contributed by atoms with Gasteiger partial charge in [-0.1, -0.05) is 6.92 Å². The van der Waals surface area contributed by atoms with Crippen LogP contribution in [0.25, 0.3) is 0 Å². The predicted octanol–water partition coefficient (Wildman–Crippen LogP) is 5.15. The predicted molar refractivity (Wildman–Crippen MR) is 111 cm³/mol. The van der Waals surface area contributed by atoms with E-state index in [1.165, 1.54) is 6.07 Å². The first-order valence-corrected chi connectivity index (χ1v) is 10.1. The molecule has 0 fully saturated rings. The Labute approximate surface area is 168 Å². The van der Waals surface area contributed by atoms with Crippen molar-refractivity contribution < 1.29 is 19.2 Å². The molecule has 150 valence electrons. The Hall–Kier alpha value is -2.74. The second kappa shape index (κ2) is 10.6. The molecule has 28 heavy (non-hydrogen) atoms. The summed E-state index contributed by atoms with van der Waals surface area (Å²) in [7, 11) is 0. The topological polar surface area (TPSA) is 90.7 Å². The van der Waals surface area contributed by atoms with Crippen molar-refractivity contribution in [2.45, 2.75) is 32.1 Å². The zero-order chi connectivity index (χ0) is 20.5. The Kier molecular flexibility index (Phi) is 8.13. The normalized spacial score (nSPS) is 10.4. The molecule has 1 amide bonds. The Bertz CT molecular complexity index is 841. The summed E-state index contributed by atoms with van der Waals surface area (Å²) in [6.45, 7) is 6.65. The molecule has 0 heterocycles. The molecular formula is C20H24N2O5S. The van der Waals surface area contributed by atoms with Crippen LogP contribution in [0.5, 0.6) is 11.5 Å². The minimum atomic E-state index is -0.506. The first-order chi connectivity index (χ1) is 13.5. The summed E-state index contributed by atoms with van der Waals surface area (Å²) in [6.07, 6.45) is 0.982. The van der Waals surface area contributed by atoms with Gasteiger partial charge in [-0.3, -0.25) is 14.9 Å². The van der Waals surface area contributed by atoms with E-state index in [-0.39, 0.29) is 11.4 Å². The number of nitro groups is 1. The number of rotatable bonds is 10. The summed E-state index contributed by atoms with van der Waals surface area (Å²) in [4.78, 5) is 24.4. The fourth-order valence-corrected chi connectivity index (χ4v) is 3.28. The highest BCUT2D eigenvalue weighted by molar-refractivity contribution is 7.99. The number of thioether (sulfide) groups is 1. The summed E-state index contributed by atoms with van der Waals surface area (Å²) in [5.74, 6) is 1.44. The van der Waals surface area contributed by atoms with Crippen LogP contribution in [0, 0.1) is 10.1 Å². The van der Waals surface area contributed by atoms with Gasteiger partial charge in [0.2, 0.25) is 0 Å². The molecule has 7 nitrogen and oxygen atoms in total. The van der Waals surface area contributed by atoms with Crippen molar-refractivity contribution in [1.29, 1.82) is 0 Å². The van der Waals surface area contributed by atoms with Gasteiger partial charge in [0.1, 0.15) is 5.69 Å². The van der Waals surface area contributed by atoms with Crippen LogP contribution in [0.2, 0.25) is 0 Å². The van der Waals surface area contributed by atoms with Crippen LogP contribution in [0.4, 0.5) is 11.4 Å². The highest BCUT2D eigenvalue weighted by Gasteiger charge is 2.18. The first-order valence-electron chi connectivity index (χ1n) is 9.12. The number of carbonyl (C=O) groups is 1. The first kappa shape index (κ1) is 21.6. The number of nitro benzene ring substituents is 1. The van der Waals surface area contributed by atoms with Crippen LogP contribution in [-0.4, -0.2) is 29.8 Å². The lowest BCUT2D eigenvalue weighted by Crippen LogP contribution is -2.13. The number of nitrogens with zero attached hydrogens (tertiary/aromatic N) is 1. The standard InChI is InChI=1S/C20H24N2O5S/c1-4-11-28-15-8-9-17(22(24)25)16(13-15)21-20(23)14-7-10-18(26-5-2)19(12-14)27-6-3/h7-10,12-13H,4-6,11H2,1-3H3,(H,21,23). The molecule has 0 bridgehead atoms. The molecule has 1 N–H and O–H groups in total. The third-order valence-corrected chi connectivity index (χ3v) is 4.89. The number of nitrogens with one attached hydrogen (secondary N) is 1. The van der Waals surface area contributed by atoms with Gasteiger partial charge in [0.05, 0.1) is 18.1 Å². The molecule has 0 aliphatic carbocycles. The van der Waals surface area contributed by atoms with Crippen LogP contribution in [0.3, 0.4) is 0 Å². The molecule has 0 aromatic heterocycles. The average Bonchev–Trinajstić information content (AvgIpc) is 2.68. The SMILES string of the molecule is CCCSc1ccc([N+](=O)[O-])c(NC(=O)c2ccc(OCC)c(OCC)c2)c1. The Morgan fingerprint density at radius 3 is 2.43 bits per heavy atom. The van der Waals surface area contributed by atoms with Gasteiger partial charge in [-0.05, 0) is 56.4 Å². The number of ether oxygens (including phenoxy) is 2. The van der Waals surface area contributed by atoms with E-state index in [9.17, 15) is 14.9 Å². The van der Waals surface area contributed by atoms with Crippen LogP contribution < -0.4 is 14.8 Å². The lowest BCUT2D eigenvalue weighted by molar-refractivity contribution is -0.384. The molecule has 0 aliphatic heterocycles. The lowest BCUT2D eigenvalue weighted by atomic mass is 10.1. The molecule has 0 saturated carbocycles. The van der Waals surface area contributed by atoms with Crippen molar-refractivity contribution in [2.75, 3.05) is 24.3 Å². The Balaban J connectivity index is 2.30. The third kappa shape index (κ3) is 5.63. The average molecular weight is 404 g/mol. The molecule has 0 saturated heterocycles. The highest BCUT2D eigenvalue weighted by Crippen LogP contribution is 2.32. The van der Waals surface area contributed by atoms with Gasteiger partial charge >= 0.3 is 0 Å². The molecule has 2 aromatic rings. The van der Waals surface area contributed by atoms with Crippen molar-refractivity contribution in [2.24, 2.45) is 0 Å². The largest absolute Gasteiger partial charge is 0.490 e. The fourth-order valence-electron chi connectivity index (χ4n) is 2.47. The van der Waals surface area contributed by atoms with Gasteiger partial charge in [-0.25, -0.2) is 0 Å². The molecule has 0 spiro atoms. The second-order valence-electron chi connectivity index (χ2n) is 5.77. The number of benzene rings is 2. The Morgan fingerprint density at radius 2 is 1.79 bits per heavy atom. The van der Waals surface area contributed by atoms with Gasteiger partial charge in [-0.15, -0.1) is 11.8 Å². The maximum Gasteiger partial charge on any atom is 0.292 e. The number of carbonyl (C=O) groups excluding carboxylic acids is 1. The maximum atomic E-state index is 12.7. The summed E-state index contributed by atoms with van der Waals surface area (Å²) >= 11 is 1.58. The number of amides is 1. The van der Waals surface area contributed by atoms with E-state index in [1.807, 2.05) is 13.8 Å². The summed E-state index contributed by atoms with van der Waals surface area (Å²) in [5, 5.41) is 14.0. The molecule has 0 radical (unpaired) electrons. The van der Waals surface area contributed by atoms with Crippen molar-refractivity contribution in [3.05, 3.63) is 52.1 Å². The molecular weight excluding hydrogens is 380 g/mol. The fraction of sp³-hybridized carbons (Fsp3) is 0.350. The van der Waals surface area contributed by atoms with Gasteiger partial charge < -0.3 is 14.8 Å². The molecule has 2 aromatic carbocycles. The molecule has 8 heteroatoms. The van der Waals surface area contributed by atoms with Crippen molar-refractivity contribution >= 4 is 29.0 Å². The summed E-state index contributed by atoms with van der Waals surface area (Å²) in [6, 6.07) is 9.57. The van der Waals surface area contributed by atoms with Gasteiger partial charge in [0.25, 0.3) is 11.6 Å². The second-order valence-corrected chi connectivity index (χ2v) is 6.93. The summed E-state index contributed by atoms with van der Waals surface area (Å²) < 4.78 is 11.0. The zero-order valence-corrected chi connectivity index (χ0v) is 17.0. The van der Waals surface area contributed by atoms with Crippen molar-refractivity contribution in [3.63, 3.8) is 0 Å². The molecule has 0 unspecified atom stereocenters. The van der Waals surface area contributed by atoms with E-state index in [0.29, 0.717) is 30.3 Å². The number of anilines is 1. The van der Waals surface area contributed by atoms with E-state index < -0.39 is 10.8 Å². The maximum absolute atomic E-state index is 12.7. The molecule has 2 rings (SSSR count). The lowest BCUT2D eigenvalue weighted by Gasteiger charge is -2.13. The Morgan fingerprint density at radius 1 is 1.07 bits per heavy atom. The van der Waals surface area contributed by atoms with E-state index >= 15 is 0 Å². The van der Waals surface area contributed by atoms with Crippen molar-refractivity contribution in [1.82, 2.24) is 0 Å². The zero-order valence-electron chi connectivity index (χ0n) is 16.2. The molecule has 0 atom stereocenters. The smallest absolute Gasteiger partial charge is 0.292 e. The highest BCUT2D eigenvalue weighted by atomic mass is 32.2. The van der Waals surface area contributed by atoms with Crippen LogP contribution in [-0.2, 0) is 0 Å². The van der Waals surface area contributed by atoms with Gasteiger partial charge in [0, 0.05) is 16.5 Å². The quantitative estimate of drug-likeness (QED) is 0.335. The van der Waals surface area contributed by atoms with E-state index in [0.717, 1.165) is 17.1 Å². The minimum absolute atomic E-state index is 0.148. The van der Waals surface area contributed by atoms with E-state index in [1.54, 1.807) is 42.1 Å². The minimum Gasteiger partial charge on any atom is -0.490 e.